The van der Waals surface area contributed by atoms with Crippen LogP contribution >= 0.6 is 0 Å². The second-order valence-corrected chi connectivity index (χ2v) is 5.59. The van der Waals surface area contributed by atoms with Crippen LogP contribution in [0, 0.1) is 0 Å². The molecule has 3 aromatic carbocycles. The van der Waals surface area contributed by atoms with Gasteiger partial charge in [0.25, 0.3) is 0 Å². The molecule has 0 unspecified atom stereocenters. The molecular weight excluding hydrogens is 254 g/mol. The predicted molar refractivity (Wildman–Crippen MR) is 87.1 cm³/mol. The van der Waals surface area contributed by atoms with Gasteiger partial charge in [-0.25, -0.2) is 4.99 Å². The molecule has 0 N–H and O–H groups in total. The van der Waals surface area contributed by atoms with Gasteiger partial charge in [-0.2, -0.15) is 0 Å². The largest absolute Gasteiger partial charge is 0.247 e. The van der Waals surface area contributed by atoms with E-state index in [1.807, 2.05) is 0 Å². The summed E-state index contributed by atoms with van der Waals surface area (Å²) >= 11 is 0. The molecular formula is C20H13N. The normalized spacial score (nSPS) is 14.1. The van der Waals surface area contributed by atoms with Crippen LogP contribution in [0.4, 0.5) is 5.69 Å². The highest BCUT2D eigenvalue weighted by Gasteiger charge is 2.20. The quantitative estimate of drug-likeness (QED) is 0.461. The first kappa shape index (κ1) is 11.0. The molecule has 1 heteroatoms. The molecule has 0 atom stereocenters. The van der Waals surface area contributed by atoms with E-state index in [-0.39, 0.29) is 0 Å². The van der Waals surface area contributed by atoms with Crippen molar-refractivity contribution in [2.75, 3.05) is 0 Å². The van der Waals surface area contributed by atoms with E-state index in [0.717, 1.165) is 17.5 Å². The maximum absolute atomic E-state index is 4.91. The summed E-state index contributed by atoms with van der Waals surface area (Å²) in [7, 11) is 0. The molecule has 0 amide bonds. The van der Waals surface area contributed by atoms with Crippen LogP contribution in [0.5, 0.6) is 0 Å². The third-order valence-electron chi connectivity index (χ3n) is 4.46. The minimum Gasteiger partial charge on any atom is -0.247 e. The van der Waals surface area contributed by atoms with Crippen LogP contribution in [0.15, 0.2) is 65.7 Å². The molecule has 1 nitrogen and oxygen atoms in total. The molecule has 3 aromatic rings. The standard InChI is InChI=1S/C20H13N/c1-3-9-15-13(7-1)14-8-2-4-10-16(14)20-19(15)17-11-5-6-12-18(17)21-20/h1-8,10-12H,9H2. The van der Waals surface area contributed by atoms with E-state index in [0.29, 0.717) is 0 Å². The molecule has 1 aliphatic carbocycles. The monoisotopic (exact) mass is 267 g/mol. The van der Waals surface area contributed by atoms with Crippen molar-refractivity contribution in [1.29, 1.82) is 0 Å². The molecule has 2 aliphatic rings. The number of fused-ring (bicyclic) bond motifs is 8. The average Bonchev–Trinajstić information content (AvgIpc) is 2.95. The highest BCUT2D eigenvalue weighted by atomic mass is 14.8. The maximum Gasteiger partial charge on any atom is 0.0797 e. The van der Waals surface area contributed by atoms with Gasteiger partial charge in [-0.3, -0.25) is 0 Å². The van der Waals surface area contributed by atoms with Crippen molar-refractivity contribution in [2.45, 2.75) is 6.42 Å². The number of para-hydroxylation sites is 1. The highest BCUT2D eigenvalue weighted by molar-refractivity contribution is 5.94. The molecule has 0 saturated heterocycles. The number of hydrogen-bond donors (Lipinski definition) is 0. The van der Waals surface area contributed by atoms with Gasteiger partial charge < -0.3 is 0 Å². The van der Waals surface area contributed by atoms with Gasteiger partial charge in [-0.1, -0.05) is 60.7 Å². The zero-order valence-electron chi connectivity index (χ0n) is 11.5. The first-order valence-electron chi connectivity index (χ1n) is 7.32. The minimum absolute atomic E-state index is 0.989. The molecule has 1 aliphatic heterocycles. The van der Waals surface area contributed by atoms with Crippen molar-refractivity contribution in [3.8, 4) is 11.1 Å². The molecule has 0 aromatic heterocycles. The van der Waals surface area contributed by atoms with Gasteiger partial charge >= 0.3 is 0 Å². The molecule has 0 saturated carbocycles. The van der Waals surface area contributed by atoms with Gasteiger partial charge in [0, 0.05) is 16.5 Å². The number of allylic oxidation sites excluding steroid dienone is 2. The van der Waals surface area contributed by atoms with Crippen molar-refractivity contribution in [3.63, 3.8) is 0 Å². The Morgan fingerprint density at radius 2 is 1.67 bits per heavy atom. The fourth-order valence-corrected chi connectivity index (χ4v) is 3.56. The van der Waals surface area contributed by atoms with Gasteiger partial charge in [0.2, 0.25) is 0 Å². The van der Waals surface area contributed by atoms with Crippen molar-refractivity contribution >= 4 is 22.5 Å². The maximum atomic E-state index is 4.91. The van der Waals surface area contributed by atoms with Crippen molar-refractivity contribution in [2.24, 2.45) is 4.99 Å². The molecule has 21 heavy (non-hydrogen) atoms. The van der Waals surface area contributed by atoms with E-state index < -0.39 is 0 Å². The lowest BCUT2D eigenvalue weighted by Crippen LogP contribution is -2.21. The first-order chi connectivity index (χ1) is 10.4. The molecule has 0 spiro atoms. The third kappa shape index (κ3) is 1.38. The van der Waals surface area contributed by atoms with Gasteiger partial charge in [0.1, 0.15) is 0 Å². The fraction of sp³-hybridized carbons (Fsp3) is 0.0500. The summed E-state index contributed by atoms with van der Waals surface area (Å²) < 4.78 is 0. The smallest absolute Gasteiger partial charge is 0.0797 e. The summed E-state index contributed by atoms with van der Waals surface area (Å²) in [5, 5.41) is 5.08. The summed E-state index contributed by atoms with van der Waals surface area (Å²) in [6, 6.07) is 17.1. The Bertz CT molecular complexity index is 1060. The second kappa shape index (κ2) is 3.92. The number of benzene rings is 3. The van der Waals surface area contributed by atoms with E-state index in [9.17, 15) is 0 Å². The Morgan fingerprint density at radius 3 is 2.62 bits per heavy atom. The molecule has 0 bridgehead atoms. The lowest BCUT2D eigenvalue weighted by atomic mass is 9.90. The zero-order valence-corrected chi connectivity index (χ0v) is 11.5. The van der Waals surface area contributed by atoms with Crippen LogP contribution in [0.25, 0.3) is 28.0 Å². The van der Waals surface area contributed by atoms with Gasteiger partial charge in [-0.05, 0) is 28.7 Å². The van der Waals surface area contributed by atoms with E-state index in [4.69, 9.17) is 4.99 Å². The van der Waals surface area contributed by atoms with E-state index in [1.165, 1.54) is 32.7 Å². The Balaban J connectivity index is 2.10. The summed E-state index contributed by atoms with van der Waals surface area (Å²) in [4.78, 5) is 4.91. The van der Waals surface area contributed by atoms with Crippen LogP contribution in [0.3, 0.4) is 0 Å². The number of nitrogens with zero attached hydrogens (tertiary/aromatic N) is 1. The summed E-state index contributed by atoms with van der Waals surface area (Å²) in [6.07, 6.45) is 7.63. The van der Waals surface area contributed by atoms with E-state index >= 15 is 0 Å². The van der Waals surface area contributed by atoms with E-state index in [1.54, 1.807) is 0 Å². The molecule has 1 heterocycles. The van der Waals surface area contributed by atoms with Crippen LogP contribution < -0.4 is 10.6 Å². The topological polar surface area (TPSA) is 12.4 Å². The fourth-order valence-electron chi connectivity index (χ4n) is 3.56. The average molecular weight is 267 g/mol. The molecule has 0 fully saturated rings. The molecule has 5 rings (SSSR count). The van der Waals surface area contributed by atoms with Crippen LogP contribution in [-0.2, 0) is 6.42 Å². The number of hydrogen-bond acceptors (Lipinski definition) is 1. The van der Waals surface area contributed by atoms with Gasteiger partial charge in [0.05, 0.1) is 11.0 Å². The first-order valence-corrected chi connectivity index (χ1v) is 7.32. The second-order valence-electron chi connectivity index (χ2n) is 5.59. The number of rotatable bonds is 0. The predicted octanol–water partition coefficient (Wildman–Crippen LogP) is 3.66. The van der Waals surface area contributed by atoms with Crippen LogP contribution in [0.2, 0.25) is 0 Å². The molecule has 0 radical (unpaired) electrons. The van der Waals surface area contributed by atoms with E-state index in [2.05, 4.69) is 66.8 Å². The Labute approximate surface area is 122 Å². The summed E-state index contributed by atoms with van der Waals surface area (Å²) in [6.45, 7) is 0. The highest BCUT2D eigenvalue weighted by Crippen LogP contribution is 2.35. The van der Waals surface area contributed by atoms with Crippen LogP contribution in [0.1, 0.15) is 5.56 Å². The minimum atomic E-state index is 0.989. The van der Waals surface area contributed by atoms with Gasteiger partial charge in [-0.15, -0.1) is 0 Å². The lowest BCUT2D eigenvalue weighted by Gasteiger charge is -2.12. The van der Waals surface area contributed by atoms with Crippen molar-refractivity contribution < 1.29 is 0 Å². The van der Waals surface area contributed by atoms with Crippen LogP contribution in [-0.4, -0.2) is 0 Å². The van der Waals surface area contributed by atoms with Crippen molar-refractivity contribution in [3.05, 3.63) is 76.8 Å². The summed E-state index contributed by atoms with van der Waals surface area (Å²) in [5.41, 5.74) is 5.12. The van der Waals surface area contributed by atoms with Gasteiger partial charge in [0.15, 0.2) is 0 Å². The molecule has 98 valence electrons. The van der Waals surface area contributed by atoms with Crippen molar-refractivity contribution in [1.82, 2.24) is 0 Å². The lowest BCUT2D eigenvalue weighted by molar-refractivity contribution is 1.23. The SMILES string of the molecule is C1=CCc2c3c(c4ccccc4c2=C1)=Nc1ccccc1-3. The Kier molecular flexibility index (Phi) is 2.06. The summed E-state index contributed by atoms with van der Waals surface area (Å²) in [5.74, 6) is 0. The Morgan fingerprint density at radius 1 is 0.857 bits per heavy atom. The Hall–Kier alpha value is -2.67. The zero-order chi connectivity index (χ0) is 13.8. The third-order valence-corrected chi connectivity index (χ3v) is 4.46.